The highest BCUT2D eigenvalue weighted by atomic mass is 14.7. The molecule has 0 aliphatic carbocycles. The van der Waals surface area contributed by atoms with Crippen LogP contribution in [0.3, 0.4) is 0 Å². The highest BCUT2D eigenvalue weighted by Crippen LogP contribution is 2.23. The van der Waals surface area contributed by atoms with Crippen LogP contribution in [0.25, 0.3) is 10.8 Å². The normalized spacial score (nSPS) is 11.0. The van der Waals surface area contributed by atoms with Gasteiger partial charge in [-0.2, -0.15) is 0 Å². The molecule has 0 unspecified atom stereocenters. The van der Waals surface area contributed by atoms with E-state index in [9.17, 15) is 0 Å². The molecule has 0 atom stereocenters. The molecule has 0 aliphatic rings. The average Bonchev–Trinajstić information content (AvgIpc) is 2.43. The van der Waals surface area contributed by atoms with Crippen LogP contribution in [0.15, 0.2) is 30.5 Å². The Bertz CT molecular complexity index is 455. The van der Waals surface area contributed by atoms with E-state index in [1.54, 1.807) is 0 Å². The van der Waals surface area contributed by atoms with Crippen molar-refractivity contribution in [2.75, 3.05) is 0 Å². The number of fused-ring (bicyclic) bond motifs is 1. The minimum Gasteiger partial charge on any atom is -0.260 e. The van der Waals surface area contributed by atoms with Crippen LogP contribution in [0.5, 0.6) is 0 Å². The first-order valence-electron chi connectivity index (χ1n) is 7.22. The number of unbranched alkanes of at least 4 members (excludes halogenated alkanes) is 2. The zero-order chi connectivity index (χ0) is 12.8. The molecule has 2 rings (SSSR count). The van der Waals surface area contributed by atoms with Crippen molar-refractivity contribution in [1.82, 2.24) is 4.98 Å². The molecule has 0 aliphatic heterocycles. The van der Waals surface area contributed by atoms with E-state index in [0.29, 0.717) is 0 Å². The monoisotopic (exact) mass is 241 g/mol. The molecule has 2 aromatic rings. The van der Waals surface area contributed by atoms with E-state index in [1.807, 2.05) is 0 Å². The SMILES string of the molecule is CCCCc1cnc(CCCC)c2ccccc12. The summed E-state index contributed by atoms with van der Waals surface area (Å²) in [6, 6.07) is 8.74. The van der Waals surface area contributed by atoms with Crippen molar-refractivity contribution in [2.24, 2.45) is 0 Å². The number of aryl methyl sites for hydroxylation is 2. The first-order valence-corrected chi connectivity index (χ1v) is 7.22. The van der Waals surface area contributed by atoms with Crippen molar-refractivity contribution in [1.29, 1.82) is 0 Å². The Kier molecular flexibility index (Phi) is 4.74. The summed E-state index contributed by atoms with van der Waals surface area (Å²) in [6.07, 6.45) is 9.30. The lowest BCUT2D eigenvalue weighted by Gasteiger charge is -2.10. The first-order chi connectivity index (χ1) is 8.86. The second-order valence-corrected chi connectivity index (χ2v) is 4.98. The molecule has 1 aromatic heterocycles. The van der Waals surface area contributed by atoms with Gasteiger partial charge in [-0.3, -0.25) is 4.98 Å². The predicted octanol–water partition coefficient (Wildman–Crippen LogP) is 4.92. The molecule has 96 valence electrons. The van der Waals surface area contributed by atoms with Gasteiger partial charge in [-0.15, -0.1) is 0 Å². The molecule has 0 amide bonds. The van der Waals surface area contributed by atoms with Crippen molar-refractivity contribution in [3.8, 4) is 0 Å². The fraction of sp³-hybridized carbons (Fsp3) is 0.471. The van der Waals surface area contributed by atoms with Gasteiger partial charge in [-0.1, -0.05) is 51.0 Å². The van der Waals surface area contributed by atoms with Gasteiger partial charge < -0.3 is 0 Å². The van der Waals surface area contributed by atoms with E-state index in [1.165, 1.54) is 47.7 Å². The van der Waals surface area contributed by atoms with Crippen LogP contribution in [0.2, 0.25) is 0 Å². The van der Waals surface area contributed by atoms with Crippen molar-refractivity contribution < 1.29 is 0 Å². The lowest BCUT2D eigenvalue weighted by molar-refractivity contribution is 0.774. The van der Waals surface area contributed by atoms with Crippen LogP contribution in [-0.4, -0.2) is 4.98 Å². The third kappa shape index (κ3) is 2.90. The molecular weight excluding hydrogens is 218 g/mol. The summed E-state index contributed by atoms with van der Waals surface area (Å²) in [6.45, 7) is 4.48. The van der Waals surface area contributed by atoms with Crippen LogP contribution >= 0.6 is 0 Å². The summed E-state index contributed by atoms with van der Waals surface area (Å²) in [5, 5.41) is 2.77. The van der Waals surface area contributed by atoms with Crippen LogP contribution in [0.4, 0.5) is 0 Å². The lowest BCUT2D eigenvalue weighted by Crippen LogP contribution is -1.96. The quantitative estimate of drug-likeness (QED) is 0.699. The molecule has 0 radical (unpaired) electrons. The highest BCUT2D eigenvalue weighted by Gasteiger charge is 2.06. The standard InChI is InChI=1S/C17H23N/c1-3-5-9-14-13-18-17(12-6-4-2)16-11-8-7-10-15(14)16/h7-8,10-11,13H,3-6,9,12H2,1-2H3. The second-order valence-electron chi connectivity index (χ2n) is 4.98. The zero-order valence-corrected chi connectivity index (χ0v) is 11.6. The molecule has 1 nitrogen and oxygen atoms in total. The Balaban J connectivity index is 2.38. The first kappa shape index (κ1) is 13.1. The molecule has 0 spiro atoms. The Hall–Kier alpha value is -1.37. The van der Waals surface area contributed by atoms with Crippen LogP contribution in [-0.2, 0) is 12.8 Å². The molecule has 0 saturated carbocycles. The Morgan fingerprint density at radius 1 is 0.889 bits per heavy atom. The summed E-state index contributed by atoms with van der Waals surface area (Å²) < 4.78 is 0. The summed E-state index contributed by atoms with van der Waals surface area (Å²) >= 11 is 0. The number of aromatic nitrogens is 1. The number of hydrogen-bond donors (Lipinski definition) is 0. The van der Waals surface area contributed by atoms with Gasteiger partial charge in [-0.25, -0.2) is 0 Å². The van der Waals surface area contributed by atoms with Gasteiger partial charge in [-0.05, 0) is 36.6 Å². The average molecular weight is 241 g/mol. The van der Waals surface area contributed by atoms with Gasteiger partial charge in [0, 0.05) is 17.3 Å². The molecule has 0 bridgehead atoms. The third-order valence-corrected chi connectivity index (χ3v) is 3.53. The Morgan fingerprint density at radius 2 is 1.56 bits per heavy atom. The van der Waals surface area contributed by atoms with Crippen molar-refractivity contribution >= 4 is 10.8 Å². The minimum absolute atomic E-state index is 1.10. The summed E-state index contributed by atoms with van der Waals surface area (Å²) in [5.74, 6) is 0. The highest BCUT2D eigenvalue weighted by molar-refractivity contribution is 5.87. The molecule has 0 N–H and O–H groups in total. The van der Waals surface area contributed by atoms with Crippen molar-refractivity contribution in [3.63, 3.8) is 0 Å². The molecule has 1 heteroatoms. The zero-order valence-electron chi connectivity index (χ0n) is 11.6. The smallest absolute Gasteiger partial charge is 0.0482 e. The molecule has 1 heterocycles. The summed E-state index contributed by atoms with van der Waals surface area (Å²) in [5.41, 5.74) is 2.68. The molecule has 18 heavy (non-hydrogen) atoms. The molecular formula is C17H23N. The van der Waals surface area contributed by atoms with Gasteiger partial charge in [0.25, 0.3) is 0 Å². The van der Waals surface area contributed by atoms with E-state index < -0.39 is 0 Å². The summed E-state index contributed by atoms with van der Waals surface area (Å²) in [7, 11) is 0. The topological polar surface area (TPSA) is 12.9 Å². The maximum absolute atomic E-state index is 4.70. The minimum atomic E-state index is 1.10. The van der Waals surface area contributed by atoms with Crippen molar-refractivity contribution in [3.05, 3.63) is 41.7 Å². The number of pyridine rings is 1. The van der Waals surface area contributed by atoms with E-state index in [0.717, 1.165) is 12.8 Å². The number of hydrogen-bond acceptors (Lipinski definition) is 1. The van der Waals surface area contributed by atoms with E-state index in [4.69, 9.17) is 4.98 Å². The molecule has 0 saturated heterocycles. The Morgan fingerprint density at radius 3 is 2.28 bits per heavy atom. The summed E-state index contributed by atoms with van der Waals surface area (Å²) in [4.78, 5) is 4.70. The molecule has 0 fully saturated rings. The number of rotatable bonds is 6. The van der Waals surface area contributed by atoms with Gasteiger partial charge in [0.05, 0.1) is 0 Å². The Labute approximate surface area is 110 Å². The maximum atomic E-state index is 4.70. The number of benzene rings is 1. The van der Waals surface area contributed by atoms with Gasteiger partial charge in [0.1, 0.15) is 0 Å². The van der Waals surface area contributed by atoms with Gasteiger partial charge in [0.2, 0.25) is 0 Å². The maximum Gasteiger partial charge on any atom is 0.0482 e. The fourth-order valence-corrected chi connectivity index (χ4v) is 2.42. The van der Waals surface area contributed by atoms with Crippen LogP contribution in [0.1, 0.15) is 50.8 Å². The molecule has 1 aromatic carbocycles. The van der Waals surface area contributed by atoms with E-state index in [2.05, 4.69) is 44.3 Å². The van der Waals surface area contributed by atoms with Gasteiger partial charge in [0.15, 0.2) is 0 Å². The van der Waals surface area contributed by atoms with Crippen LogP contribution < -0.4 is 0 Å². The predicted molar refractivity (Wildman–Crippen MR) is 79.0 cm³/mol. The van der Waals surface area contributed by atoms with E-state index >= 15 is 0 Å². The van der Waals surface area contributed by atoms with E-state index in [-0.39, 0.29) is 0 Å². The third-order valence-electron chi connectivity index (χ3n) is 3.53. The van der Waals surface area contributed by atoms with Gasteiger partial charge >= 0.3 is 0 Å². The lowest BCUT2D eigenvalue weighted by atomic mass is 9.99. The fourth-order valence-electron chi connectivity index (χ4n) is 2.42. The van der Waals surface area contributed by atoms with Crippen molar-refractivity contribution in [2.45, 2.75) is 52.4 Å². The largest absolute Gasteiger partial charge is 0.260 e. The van der Waals surface area contributed by atoms with Crippen LogP contribution in [0, 0.1) is 0 Å². The number of nitrogens with zero attached hydrogens (tertiary/aromatic N) is 1. The second kappa shape index (κ2) is 6.53.